The van der Waals surface area contributed by atoms with E-state index in [1.54, 1.807) is 18.2 Å². The summed E-state index contributed by atoms with van der Waals surface area (Å²) in [5.41, 5.74) is 0.777. The summed E-state index contributed by atoms with van der Waals surface area (Å²) in [6, 6.07) is 4.96. The lowest BCUT2D eigenvalue weighted by atomic mass is 10.3. The number of aromatic nitrogens is 1. The number of fused-ring (bicyclic) bond motifs is 1. The van der Waals surface area contributed by atoms with Gasteiger partial charge in [-0.15, -0.1) is 12.6 Å². The molecule has 0 radical (unpaired) electrons. The summed E-state index contributed by atoms with van der Waals surface area (Å²) in [5, 5.41) is 0. The second kappa shape index (κ2) is 3.45. The van der Waals surface area contributed by atoms with E-state index in [0.717, 1.165) is 0 Å². The van der Waals surface area contributed by atoms with Gasteiger partial charge in [0, 0.05) is 4.90 Å². The first-order valence-electron chi connectivity index (χ1n) is 3.70. The predicted molar refractivity (Wildman–Crippen MR) is 47.9 cm³/mol. The third-order valence-electron chi connectivity index (χ3n) is 1.57. The van der Waals surface area contributed by atoms with Gasteiger partial charge in [0.25, 0.3) is 0 Å². The SMILES string of the molecule is FC(F)Oc1nc2c(S)cccc2o1. The normalized spacial score (nSPS) is 11.1. The Morgan fingerprint density at radius 1 is 1.43 bits per heavy atom. The first-order chi connectivity index (χ1) is 6.66. The fraction of sp³-hybridized carbons (Fsp3) is 0.125. The van der Waals surface area contributed by atoms with Crippen molar-refractivity contribution in [3.63, 3.8) is 0 Å². The van der Waals surface area contributed by atoms with Crippen LogP contribution in [0.1, 0.15) is 0 Å². The van der Waals surface area contributed by atoms with Gasteiger partial charge in [-0.05, 0) is 12.1 Å². The maximum absolute atomic E-state index is 11.8. The molecule has 14 heavy (non-hydrogen) atoms. The van der Waals surface area contributed by atoms with Crippen molar-refractivity contribution in [3.8, 4) is 6.08 Å². The van der Waals surface area contributed by atoms with Crippen molar-refractivity contribution >= 4 is 23.7 Å². The van der Waals surface area contributed by atoms with Crippen LogP contribution in [0.25, 0.3) is 11.1 Å². The number of oxazole rings is 1. The smallest absolute Gasteiger partial charge is 0.399 e. The lowest BCUT2D eigenvalue weighted by Crippen LogP contribution is -2.01. The molecular formula is C8H5F2NO2S. The Hall–Kier alpha value is -1.30. The van der Waals surface area contributed by atoms with Gasteiger partial charge in [-0.3, -0.25) is 0 Å². The molecule has 0 aliphatic heterocycles. The van der Waals surface area contributed by atoms with Gasteiger partial charge in [-0.1, -0.05) is 6.07 Å². The van der Waals surface area contributed by atoms with Crippen molar-refractivity contribution < 1.29 is 17.9 Å². The van der Waals surface area contributed by atoms with Crippen LogP contribution in [0.4, 0.5) is 8.78 Å². The minimum Gasteiger partial charge on any atom is -0.409 e. The van der Waals surface area contributed by atoms with Gasteiger partial charge in [0.15, 0.2) is 5.58 Å². The van der Waals surface area contributed by atoms with Crippen LogP contribution in [0.15, 0.2) is 27.5 Å². The molecule has 0 saturated heterocycles. The zero-order valence-corrected chi connectivity index (χ0v) is 7.67. The number of nitrogens with zero attached hydrogens (tertiary/aromatic N) is 1. The highest BCUT2D eigenvalue weighted by Gasteiger charge is 2.12. The van der Waals surface area contributed by atoms with Crippen LogP contribution >= 0.6 is 12.6 Å². The molecule has 74 valence electrons. The lowest BCUT2D eigenvalue weighted by molar-refractivity contribution is -0.0664. The summed E-state index contributed by atoms with van der Waals surface area (Å²) in [4.78, 5) is 4.26. The number of benzene rings is 1. The molecule has 0 saturated carbocycles. The van der Waals surface area contributed by atoms with Crippen molar-refractivity contribution in [2.75, 3.05) is 0 Å². The van der Waals surface area contributed by atoms with Crippen LogP contribution in [0.5, 0.6) is 6.08 Å². The Morgan fingerprint density at radius 2 is 2.21 bits per heavy atom. The van der Waals surface area contributed by atoms with Crippen molar-refractivity contribution in [2.24, 2.45) is 0 Å². The van der Waals surface area contributed by atoms with Crippen LogP contribution in [-0.2, 0) is 0 Å². The topological polar surface area (TPSA) is 35.3 Å². The molecule has 0 bridgehead atoms. The number of rotatable bonds is 2. The average molecular weight is 217 g/mol. The van der Waals surface area contributed by atoms with E-state index in [1.165, 1.54) is 0 Å². The van der Waals surface area contributed by atoms with E-state index >= 15 is 0 Å². The van der Waals surface area contributed by atoms with Gasteiger partial charge in [0.05, 0.1) is 0 Å². The molecule has 3 nitrogen and oxygen atoms in total. The largest absolute Gasteiger partial charge is 0.409 e. The van der Waals surface area contributed by atoms with Gasteiger partial charge in [0.1, 0.15) is 5.52 Å². The molecule has 0 amide bonds. The summed E-state index contributed by atoms with van der Waals surface area (Å²) in [6.07, 6.45) is -0.448. The predicted octanol–water partition coefficient (Wildman–Crippen LogP) is 2.72. The number of para-hydroxylation sites is 1. The number of alkyl halides is 2. The molecule has 0 spiro atoms. The second-order valence-corrected chi connectivity index (χ2v) is 2.96. The zero-order chi connectivity index (χ0) is 10.1. The number of hydrogen-bond acceptors (Lipinski definition) is 4. The highest BCUT2D eigenvalue weighted by atomic mass is 32.1. The minimum atomic E-state index is -2.94. The minimum absolute atomic E-state index is 0.369. The quantitative estimate of drug-likeness (QED) is 0.785. The summed E-state index contributed by atoms with van der Waals surface area (Å²) < 4.78 is 32.5. The molecule has 2 aromatic rings. The first-order valence-corrected chi connectivity index (χ1v) is 4.15. The summed E-state index contributed by atoms with van der Waals surface area (Å²) in [7, 11) is 0. The van der Waals surface area contributed by atoms with E-state index in [9.17, 15) is 8.78 Å². The van der Waals surface area contributed by atoms with E-state index in [4.69, 9.17) is 4.42 Å². The molecule has 0 N–H and O–H groups in total. The first kappa shape index (κ1) is 9.26. The Balaban J connectivity index is 2.46. The third-order valence-corrected chi connectivity index (χ3v) is 1.93. The molecule has 2 rings (SSSR count). The molecule has 0 fully saturated rings. The highest BCUT2D eigenvalue weighted by Crippen LogP contribution is 2.26. The summed E-state index contributed by atoms with van der Waals surface area (Å²) in [5.74, 6) is 0. The van der Waals surface area contributed by atoms with Crippen LogP contribution in [0.2, 0.25) is 0 Å². The fourth-order valence-electron chi connectivity index (χ4n) is 1.04. The van der Waals surface area contributed by atoms with Gasteiger partial charge in [0.2, 0.25) is 0 Å². The van der Waals surface area contributed by atoms with E-state index in [0.29, 0.717) is 16.0 Å². The van der Waals surface area contributed by atoms with E-state index in [1.807, 2.05) is 0 Å². The van der Waals surface area contributed by atoms with Crippen LogP contribution in [-0.4, -0.2) is 11.6 Å². The molecule has 6 heteroatoms. The zero-order valence-electron chi connectivity index (χ0n) is 6.78. The standard InChI is InChI=1S/C8H5F2NO2S/c9-7(10)13-8-11-6-4(12-8)2-1-3-5(6)14/h1-3,7,14H. The number of thiol groups is 1. The number of halogens is 2. The Bertz CT molecular complexity index is 458. The van der Waals surface area contributed by atoms with Crippen LogP contribution < -0.4 is 4.74 Å². The van der Waals surface area contributed by atoms with Gasteiger partial charge in [-0.2, -0.15) is 13.8 Å². The molecule has 1 heterocycles. The third kappa shape index (κ3) is 1.65. The van der Waals surface area contributed by atoms with Crippen LogP contribution in [0, 0.1) is 0 Å². The monoisotopic (exact) mass is 217 g/mol. The molecular weight excluding hydrogens is 212 g/mol. The molecule has 0 atom stereocenters. The number of ether oxygens (including phenoxy) is 1. The fourth-order valence-corrected chi connectivity index (χ4v) is 1.29. The maximum atomic E-state index is 11.8. The van der Waals surface area contributed by atoms with Crippen molar-refractivity contribution in [3.05, 3.63) is 18.2 Å². The Labute approximate surface area is 83.1 Å². The highest BCUT2D eigenvalue weighted by molar-refractivity contribution is 7.80. The van der Waals surface area contributed by atoms with E-state index < -0.39 is 12.7 Å². The van der Waals surface area contributed by atoms with Gasteiger partial charge >= 0.3 is 12.7 Å². The van der Waals surface area contributed by atoms with Gasteiger partial charge < -0.3 is 9.15 Å². The maximum Gasteiger partial charge on any atom is 0.399 e. The van der Waals surface area contributed by atoms with Crippen LogP contribution in [0.3, 0.4) is 0 Å². The molecule has 0 unspecified atom stereocenters. The Morgan fingerprint density at radius 3 is 2.86 bits per heavy atom. The van der Waals surface area contributed by atoms with E-state index in [2.05, 4.69) is 22.3 Å². The average Bonchev–Trinajstić information content (AvgIpc) is 2.47. The molecule has 1 aromatic carbocycles. The van der Waals surface area contributed by atoms with Crippen molar-refractivity contribution in [2.45, 2.75) is 11.5 Å². The second-order valence-electron chi connectivity index (χ2n) is 2.48. The lowest BCUT2D eigenvalue weighted by Gasteiger charge is -1.94. The van der Waals surface area contributed by atoms with Crippen molar-refractivity contribution in [1.29, 1.82) is 0 Å². The Kier molecular flexibility index (Phi) is 2.28. The summed E-state index contributed by atoms with van der Waals surface area (Å²) >= 11 is 4.09. The molecule has 0 aliphatic rings. The molecule has 0 aliphatic carbocycles. The molecule has 1 aromatic heterocycles. The van der Waals surface area contributed by atoms with Crippen molar-refractivity contribution in [1.82, 2.24) is 4.98 Å². The summed E-state index contributed by atoms with van der Waals surface area (Å²) in [6.45, 7) is -2.94. The number of hydrogen-bond donors (Lipinski definition) is 1. The van der Waals surface area contributed by atoms with Gasteiger partial charge in [-0.25, -0.2) is 0 Å². The van der Waals surface area contributed by atoms with E-state index in [-0.39, 0.29) is 0 Å².